The fourth-order valence-electron chi connectivity index (χ4n) is 1.65. The highest BCUT2D eigenvalue weighted by Gasteiger charge is 2.26. The zero-order valence-corrected chi connectivity index (χ0v) is 15.3. The van der Waals surface area contributed by atoms with E-state index in [1.807, 2.05) is 0 Å². The maximum atomic E-state index is 11.2. The monoisotopic (exact) mass is 374 g/mol. The average molecular weight is 375 g/mol. The van der Waals surface area contributed by atoms with Gasteiger partial charge >= 0.3 is 5.97 Å². The second-order valence-electron chi connectivity index (χ2n) is 5.85. The molecule has 124 valence electrons. The molecule has 0 atom stereocenters. The van der Waals surface area contributed by atoms with Crippen molar-refractivity contribution in [3.05, 3.63) is 37.2 Å². The van der Waals surface area contributed by atoms with E-state index in [4.69, 9.17) is 22.2 Å². The summed E-state index contributed by atoms with van der Waals surface area (Å²) in [5.74, 6) is -0.839. The van der Waals surface area contributed by atoms with Crippen LogP contribution in [0.4, 0.5) is 11.4 Å². The third-order valence-corrected chi connectivity index (χ3v) is 6.55. The zero-order valence-electron chi connectivity index (χ0n) is 12.7. The summed E-state index contributed by atoms with van der Waals surface area (Å²) >= 11 is 7.27. The minimum absolute atomic E-state index is 0.127. The van der Waals surface area contributed by atoms with Gasteiger partial charge in [0.1, 0.15) is 4.90 Å². The van der Waals surface area contributed by atoms with E-state index in [0.29, 0.717) is 5.75 Å². The fraction of sp³-hybridized carbons (Fsp3) is 0.417. The predicted molar refractivity (Wildman–Crippen MR) is 92.7 cm³/mol. The molecule has 1 N–H and O–H groups in total. The molecule has 1 aromatic carbocycles. The van der Waals surface area contributed by atoms with Crippen molar-refractivity contribution in [1.82, 2.24) is 0 Å². The molecule has 0 unspecified atom stereocenters. The Morgan fingerprint density at radius 1 is 1.57 bits per heavy atom. The van der Waals surface area contributed by atoms with Gasteiger partial charge in [-0.15, -0.1) is 11.8 Å². The van der Waals surface area contributed by atoms with Crippen molar-refractivity contribution in [3.63, 3.8) is 0 Å². The van der Waals surface area contributed by atoms with Crippen LogP contribution in [0.1, 0.15) is 10.4 Å². The van der Waals surface area contributed by atoms with Crippen LogP contribution in [-0.2, 0) is 0 Å². The molecule has 0 radical (unpaired) electrons. The van der Waals surface area contributed by atoms with E-state index in [-0.39, 0.29) is 15.6 Å². The summed E-state index contributed by atoms with van der Waals surface area (Å²) in [5, 5.41) is 23.4. The highest BCUT2D eigenvalue weighted by molar-refractivity contribution is 7.99. The van der Waals surface area contributed by atoms with Crippen molar-refractivity contribution in [2.24, 2.45) is 5.11 Å². The molecule has 0 heterocycles. The number of hydrogen-bond acceptors (Lipinski definition) is 5. The molecule has 0 fully saturated rings. The Balaban J connectivity index is 3.42. The first-order valence-electron chi connectivity index (χ1n) is 6.50. The molecule has 1 rings (SSSR count). The molecule has 8 nitrogen and oxygen atoms in total. The maximum Gasteiger partial charge on any atom is 0.336 e. The van der Waals surface area contributed by atoms with Gasteiger partial charge in [0.25, 0.3) is 5.69 Å². The molecule has 0 saturated heterocycles. The van der Waals surface area contributed by atoms with Gasteiger partial charge < -0.3 is 5.11 Å². The molecule has 0 aliphatic heterocycles. The van der Waals surface area contributed by atoms with Crippen LogP contribution in [0, 0.1) is 10.1 Å². The topological polar surface area (TPSA) is 129 Å². The average Bonchev–Trinajstić information content (AvgIpc) is 2.40. The lowest BCUT2D eigenvalue weighted by Gasteiger charge is -2.16. The van der Waals surface area contributed by atoms with Crippen molar-refractivity contribution < 1.29 is 14.8 Å². The lowest BCUT2D eigenvalue weighted by atomic mass is 10.1. The smallest absolute Gasteiger partial charge is 0.336 e. The van der Waals surface area contributed by atoms with Crippen molar-refractivity contribution in [1.29, 1.82) is 0 Å². The molecule has 0 aromatic heterocycles. The summed E-state index contributed by atoms with van der Waals surface area (Å²) in [6.45, 7) is 6.51. The number of benzene rings is 1. The molecule has 0 saturated carbocycles. The molecule has 0 amide bonds. The third-order valence-electron chi connectivity index (χ3n) is 2.85. The zero-order chi connectivity index (χ0) is 17.8. The quantitative estimate of drug-likeness (QED) is 0.131. The lowest BCUT2D eigenvalue weighted by Crippen LogP contribution is -2.19. The second kappa shape index (κ2) is 7.69. The second-order valence-corrected chi connectivity index (χ2v) is 13.0. The molecule has 0 aliphatic carbocycles. The number of aromatic carboxylic acids is 1. The number of carboxylic acid groups (broad SMARTS) is 1. The number of halogens is 1. The Kier molecular flexibility index (Phi) is 6.45. The van der Waals surface area contributed by atoms with Gasteiger partial charge in [-0.25, -0.2) is 4.79 Å². The van der Waals surface area contributed by atoms with Crippen LogP contribution in [0.2, 0.25) is 30.7 Å². The first-order chi connectivity index (χ1) is 10.6. The molecule has 0 aliphatic rings. The number of nitro groups is 1. The first-order valence-corrected chi connectivity index (χ1v) is 11.6. The summed E-state index contributed by atoms with van der Waals surface area (Å²) in [6.07, 6.45) is 0. The summed E-state index contributed by atoms with van der Waals surface area (Å²) in [6, 6.07) is 1.79. The third kappa shape index (κ3) is 5.14. The molecule has 11 heteroatoms. The van der Waals surface area contributed by atoms with Gasteiger partial charge in [-0.05, 0) is 17.3 Å². The van der Waals surface area contributed by atoms with Crippen LogP contribution in [0.15, 0.2) is 16.1 Å². The van der Waals surface area contributed by atoms with Crippen LogP contribution in [0.3, 0.4) is 0 Å². The van der Waals surface area contributed by atoms with Crippen LogP contribution >= 0.6 is 23.4 Å². The molecular formula is C12H15ClN4O4SSi. The van der Waals surface area contributed by atoms with E-state index in [2.05, 4.69) is 29.7 Å². The lowest BCUT2D eigenvalue weighted by molar-refractivity contribution is -0.387. The largest absolute Gasteiger partial charge is 0.478 e. The number of carboxylic acids is 1. The molecule has 1 aromatic rings. The Bertz CT molecular complexity index is 701. The van der Waals surface area contributed by atoms with Gasteiger partial charge in [-0.3, -0.25) is 10.1 Å². The van der Waals surface area contributed by atoms with Crippen molar-refractivity contribution >= 4 is 48.8 Å². The Morgan fingerprint density at radius 3 is 2.61 bits per heavy atom. The normalized spacial score (nSPS) is 11.0. The number of nitro benzene ring substituents is 1. The summed E-state index contributed by atoms with van der Waals surface area (Å²) in [4.78, 5) is 24.4. The number of nitrogens with zero attached hydrogens (tertiary/aromatic N) is 4. The Hall–Kier alpha value is -1.74. The van der Waals surface area contributed by atoms with E-state index in [0.717, 1.165) is 12.1 Å². The van der Waals surface area contributed by atoms with E-state index in [1.54, 1.807) is 0 Å². The first kappa shape index (κ1) is 19.3. The summed E-state index contributed by atoms with van der Waals surface area (Å²) in [5.41, 5.74) is 7.38. The predicted octanol–water partition coefficient (Wildman–Crippen LogP) is 5.32. The van der Waals surface area contributed by atoms with Gasteiger partial charge in [0.05, 0.1) is 21.2 Å². The molecule has 0 bridgehead atoms. The fourth-order valence-corrected chi connectivity index (χ4v) is 5.61. The van der Waals surface area contributed by atoms with Crippen LogP contribution in [-0.4, -0.2) is 29.8 Å². The van der Waals surface area contributed by atoms with Crippen LogP contribution in [0.25, 0.3) is 10.4 Å². The van der Waals surface area contributed by atoms with Crippen molar-refractivity contribution in [3.8, 4) is 0 Å². The standard InChI is InChI=1S/C12H15ClN4O4SSi/c1-23(2,3)5-4-22-11-8(17(20)21)6-7(12(18)19)10(9(11)13)15-16-14/h6H,4-5H2,1-3H3,(H,18,19). The SMILES string of the molecule is C[Si](C)(C)CCSc1c([N+](=O)[O-])cc(C(=O)O)c(N=[N+]=[N-])c1Cl. The Labute approximate surface area is 142 Å². The minimum Gasteiger partial charge on any atom is -0.478 e. The van der Waals surface area contributed by atoms with E-state index >= 15 is 0 Å². The minimum atomic E-state index is -1.45. The van der Waals surface area contributed by atoms with Crippen molar-refractivity contribution in [2.75, 3.05) is 5.75 Å². The molecular weight excluding hydrogens is 360 g/mol. The van der Waals surface area contributed by atoms with Gasteiger partial charge in [-0.1, -0.05) is 36.4 Å². The highest BCUT2D eigenvalue weighted by Crippen LogP contribution is 2.44. The van der Waals surface area contributed by atoms with Gasteiger partial charge in [0.2, 0.25) is 0 Å². The maximum absolute atomic E-state index is 11.2. The number of azide groups is 1. The Morgan fingerprint density at radius 2 is 2.17 bits per heavy atom. The van der Waals surface area contributed by atoms with E-state index in [1.165, 1.54) is 11.8 Å². The van der Waals surface area contributed by atoms with Gasteiger partial charge in [0.15, 0.2) is 0 Å². The number of hydrogen-bond donors (Lipinski definition) is 1. The van der Waals surface area contributed by atoms with Gasteiger partial charge in [0, 0.05) is 19.1 Å². The molecule has 0 spiro atoms. The number of carbonyl (C=O) groups is 1. The number of thioether (sulfide) groups is 1. The van der Waals surface area contributed by atoms with Crippen molar-refractivity contribution in [2.45, 2.75) is 30.6 Å². The molecule has 23 heavy (non-hydrogen) atoms. The number of rotatable bonds is 7. The van der Waals surface area contributed by atoms with Crippen LogP contribution in [0.5, 0.6) is 0 Å². The highest BCUT2D eigenvalue weighted by atomic mass is 35.5. The van der Waals surface area contributed by atoms with Gasteiger partial charge in [-0.2, -0.15) is 0 Å². The summed E-state index contributed by atoms with van der Waals surface area (Å²) in [7, 11) is -1.34. The summed E-state index contributed by atoms with van der Waals surface area (Å²) < 4.78 is 0. The van der Waals surface area contributed by atoms with E-state index < -0.39 is 30.2 Å². The van der Waals surface area contributed by atoms with Crippen LogP contribution < -0.4 is 0 Å². The van der Waals surface area contributed by atoms with E-state index in [9.17, 15) is 14.9 Å².